The molecule has 1 amide bonds. The highest BCUT2D eigenvalue weighted by Gasteiger charge is 2.33. The first-order valence-electron chi connectivity index (χ1n) is 6.44. The number of hydrogen-bond donors (Lipinski definition) is 2. The van der Waals surface area contributed by atoms with Crippen molar-refractivity contribution in [3.63, 3.8) is 0 Å². The van der Waals surface area contributed by atoms with Gasteiger partial charge in [-0.2, -0.15) is 0 Å². The molecule has 2 aliphatic carbocycles. The number of hydrogen-bond acceptors (Lipinski definition) is 2. The Kier molecular flexibility index (Phi) is 2.85. The summed E-state index contributed by atoms with van der Waals surface area (Å²) < 4.78 is 0. The van der Waals surface area contributed by atoms with E-state index in [1.54, 1.807) is 12.2 Å². The van der Waals surface area contributed by atoms with Crippen LogP contribution in [-0.4, -0.2) is 23.0 Å². The SMILES string of the molecule is O=C(O)C1C=CC(NC(=O)C2Cc3ccccc32)C1. The van der Waals surface area contributed by atoms with Crippen molar-refractivity contribution >= 4 is 11.9 Å². The number of rotatable bonds is 3. The summed E-state index contributed by atoms with van der Waals surface area (Å²) in [5, 5.41) is 11.8. The first-order valence-corrected chi connectivity index (χ1v) is 6.44. The molecule has 0 spiro atoms. The summed E-state index contributed by atoms with van der Waals surface area (Å²) in [6.07, 6.45) is 4.67. The second-order valence-corrected chi connectivity index (χ2v) is 5.14. The Labute approximate surface area is 111 Å². The number of carbonyl (C=O) groups excluding carboxylic acids is 1. The van der Waals surface area contributed by atoms with Crippen LogP contribution >= 0.6 is 0 Å². The zero-order chi connectivity index (χ0) is 13.4. The molecule has 4 nitrogen and oxygen atoms in total. The minimum absolute atomic E-state index is 0.000566. The monoisotopic (exact) mass is 257 g/mol. The Morgan fingerprint density at radius 1 is 1.21 bits per heavy atom. The van der Waals surface area contributed by atoms with Gasteiger partial charge in [0.15, 0.2) is 0 Å². The smallest absolute Gasteiger partial charge is 0.310 e. The van der Waals surface area contributed by atoms with Crippen molar-refractivity contribution in [1.82, 2.24) is 5.32 Å². The number of nitrogens with one attached hydrogen (secondary N) is 1. The van der Waals surface area contributed by atoms with Gasteiger partial charge in [0.05, 0.1) is 11.8 Å². The Morgan fingerprint density at radius 2 is 2.00 bits per heavy atom. The van der Waals surface area contributed by atoms with Crippen LogP contribution in [0.25, 0.3) is 0 Å². The zero-order valence-corrected chi connectivity index (χ0v) is 10.4. The van der Waals surface area contributed by atoms with E-state index in [1.165, 1.54) is 5.56 Å². The molecule has 0 bridgehead atoms. The molecule has 0 aromatic heterocycles. The lowest BCUT2D eigenvalue weighted by atomic mass is 9.77. The van der Waals surface area contributed by atoms with Gasteiger partial charge in [-0.15, -0.1) is 0 Å². The number of carboxylic acids is 1. The second kappa shape index (κ2) is 4.53. The van der Waals surface area contributed by atoms with Gasteiger partial charge in [0.1, 0.15) is 0 Å². The molecule has 0 radical (unpaired) electrons. The fourth-order valence-corrected chi connectivity index (χ4v) is 2.77. The van der Waals surface area contributed by atoms with Gasteiger partial charge in [0.2, 0.25) is 5.91 Å². The van der Waals surface area contributed by atoms with E-state index >= 15 is 0 Å². The van der Waals surface area contributed by atoms with E-state index in [0.717, 1.165) is 12.0 Å². The number of carbonyl (C=O) groups is 2. The summed E-state index contributed by atoms with van der Waals surface area (Å²) in [6.45, 7) is 0. The normalized spacial score (nSPS) is 27.5. The van der Waals surface area contributed by atoms with Gasteiger partial charge < -0.3 is 10.4 Å². The van der Waals surface area contributed by atoms with Crippen LogP contribution in [0.2, 0.25) is 0 Å². The summed E-state index contributed by atoms with van der Waals surface area (Å²) >= 11 is 0. The Hall–Kier alpha value is -2.10. The molecule has 2 aliphatic rings. The highest BCUT2D eigenvalue weighted by molar-refractivity contribution is 5.87. The van der Waals surface area contributed by atoms with Crippen molar-refractivity contribution < 1.29 is 14.7 Å². The molecule has 0 saturated carbocycles. The fourth-order valence-electron chi connectivity index (χ4n) is 2.77. The predicted molar refractivity (Wildman–Crippen MR) is 69.7 cm³/mol. The number of fused-ring (bicyclic) bond motifs is 1. The average molecular weight is 257 g/mol. The van der Waals surface area contributed by atoms with Crippen LogP contribution < -0.4 is 5.32 Å². The van der Waals surface area contributed by atoms with E-state index in [0.29, 0.717) is 6.42 Å². The summed E-state index contributed by atoms with van der Waals surface area (Å²) in [4.78, 5) is 23.0. The molecule has 1 aromatic rings. The van der Waals surface area contributed by atoms with Crippen molar-refractivity contribution in [2.75, 3.05) is 0 Å². The van der Waals surface area contributed by atoms with E-state index < -0.39 is 11.9 Å². The van der Waals surface area contributed by atoms with E-state index in [-0.39, 0.29) is 17.9 Å². The van der Waals surface area contributed by atoms with E-state index in [4.69, 9.17) is 5.11 Å². The van der Waals surface area contributed by atoms with Crippen molar-refractivity contribution in [2.45, 2.75) is 24.8 Å². The van der Waals surface area contributed by atoms with E-state index in [1.807, 2.05) is 24.3 Å². The summed E-state index contributed by atoms with van der Waals surface area (Å²) in [5.74, 6) is -1.38. The quantitative estimate of drug-likeness (QED) is 0.806. The molecule has 1 aromatic carbocycles. The van der Waals surface area contributed by atoms with Gasteiger partial charge in [-0.25, -0.2) is 0 Å². The molecule has 19 heavy (non-hydrogen) atoms. The molecule has 0 fully saturated rings. The third-order valence-corrected chi connectivity index (χ3v) is 3.90. The standard InChI is InChI=1S/C15H15NO3/c17-14(13-8-9-3-1-2-4-12(9)13)16-11-6-5-10(7-11)15(18)19/h1-6,10-11,13H,7-8H2,(H,16,17)(H,18,19). The maximum Gasteiger partial charge on any atom is 0.310 e. The van der Waals surface area contributed by atoms with E-state index in [9.17, 15) is 9.59 Å². The van der Waals surface area contributed by atoms with Crippen LogP contribution in [0.5, 0.6) is 0 Å². The summed E-state index contributed by atoms with van der Waals surface area (Å²) in [7, 11) is 0. The molecular weight excluding hydrogens is 242 g/mol. The van der Waals surface area contributed by atoms with Gasteiger partial charge in [-0.05, 0) is 24.0 Å². The van der Waals surface area contributed by atoms with Gasteiger partial charge in [-0.1, -0.05) is 36.4 Å². The van der Waals surface area contributed by atoms with Gasteiger partial charge in [0.25, 0.3) is 0 Å². The molecule has 3 unspecified atom stereocenters. The fraction of sp³-hybridized carbons (Fsp3) is 0.333. The molecule has 98 valence electrons. The lowest BCUT2D eigenvalue weighted by Crippen LogP contribution is -2.40. The molecule has 0 heterocycles. The van der Waals surface area contributed by atoms with Gasteiger partial charge in [-0.3, -0.25) is 9.59 Å². The molecule has 2 N–H and O–H groups in total. The molecule has 0 aliphatic heterocycles. The summed E-state index contributed by atoms with van der Waals surface area (Å²) in [6, 6.07) is 7.78. The lowest BCUT2D eigenvalue weighted by Gasteiger charge is -2.29. The molecule has 3 atom stereocenters. The largest absolute Gasteiger partial charge is 0.481 e. The third kappa shape index (κ3) is 2.14. The van der Waals surface area contributed by atoms with Crippen LogP contribution in [0.4, 0.5) is 0 Å². The second-order valence-electron chi connectivity index (χ2n) is 5.14. The highest BCUT2D eigenvalue weighted by atomic mass is 16.4. The Morgan fingerprint density at radius 3 is 2.68 bits per heavy atom. The maximum atomic E-state index is 12.1. The molecular formula is C15H15NO3. The number of benzene rings is 1. The average Bonchev–Trinajstić information content (AvgIpc) is 2.79. The van der Waals surface area contributed by atoms with Crippen molar-refractivity contribution in [2.24, 2.45) is 5.92 Å². The lowest BCUT2D eigenvalue weighted by molar-refractivity contribution is -0.140. The topological polar surface area (TPSA) is 66.4 Å². The maximum absolute atomic E-state index is 12.1. The first kappa shape index (κ1) is 12.0. The Balaban J connectivity index is 1.60. The van der Waals surface area contributed by atoms with Gasteiger partial charge >= 0.3 is 5.97 Å². The minimum atomic E-state index is -0.831. The van der Waals surface area contributed by atoms with Crippen LogP contribution in [-0.2, 0) is 16.0 Å². The molecule has 4 heteroatoms. The van der Waals surface area contributed by atoms with Gasteiger partial charge in [0, 0.05) is 6.04 Å². The summed E-state index contributed by atoms with van der Waals surface area (Å²) in [5.41, 5.74) is 2.32. The zero-order valence-electron chi connectivity index (χ0n) is 10.4. The number of amides is 1. The van der Waals surface area contributed by atoms with Crippen molar-refractivity contribution in [3.05, 3.63) is 47.5 Å². The minimum Gasteiger partial charge on any atom is -0.481 e. The first-order chi connectivity index (χ1) is 9.15. The molecule has 3 rings (SSSR count). The highest BCUT2D eigenvalue weighted by Crippen LogP contribution is 2.35. The van der Waals surface area contributed by atoms with Crippen molar-refractivity contribution in [3.8, 4) is 0 Å². The van der Waals surface area contributed by atoms with Crippen LogP contribution in [0.15, 0.2) is 36.4 Å². The predicted octanol–water partition coefficient (Wildman–Crippen LogP) is 1.47. The van der Waals surface area contributed by atoms with Crippen LogP contribution in [0.3, 0.4) is 0 Å². The molecule has 0 saturated heterocycles. The number of carboxylic acid groups (broad SMARTS) is 1. The Bertz CT molecular complexity index is 564. The third-order valence-electron chi connectivity index (χ3n) is 3.90. The van der Waals surface area contributed by atoms with Crippen molar-refractivity contribution in [1.29, 1.82) is 0 Å². The van der Waals surface area contributed by atoms with Crippen LogP contribution in [0.1, 0.15) is 23.5 Å². The van der Waals surface area contributed by atoms with E-state index in [2.05, 4.69) is 5.32 Å². The number of aliphatic carboxylic acids is 1. The van der Waals surface area contributed by atoms with Crippen LogP contribution in [0, 0.1) is 5.92 Å².